The van der Waals surface area contributed by atoms with E-state index >= 15 is 0 Å². The zero-order valence-corrected chi connectivity index (χ0v) is 13.7. The smallest absolute Gasteiger partial charge is 0.178 e. The maximum absolute atomic E-state index is 11.0. The van der Waals surface area contributed by atoms with Gasteiger partial charge in [0, 0.05) is 4.90 Å². The molecule has 0 saturated heterocycles. The fourth-order valence-electron chi connectivity index (χ4n) is 2.32. The van der Waals surface area contributed by atoms with Crippen LogP contribution in [0.5, 0.6) is 5.75 Å². The van der Waals surface area contributed by atoms with E-state index in [0.29, 0.717) is 0 Å². The van der Waals surface area contributed by atoms with Crippen LogP contribution in [0, 0.1) is 0 Å². The highest BCUT2D eigenvalue weighted by Crippen LogP contribution is 2.22. The lowest BCUT2D eigenvalue weighted by molar-refractivity contribution is 0.354. The fraction of sp³-hybridized carbons (Fsp3) is 0.667. The summed E-state index contributed by atoms with van der Waals surface area (Å²) in [6.07, 6.45) is 13.9. The molecule has 20 heavy (non-hydrogen) atoms. The molecule has 113 valence electrons. The van der Waals surface area contributed by atoms with E-state index in [9.17, 15) is 5.11 Å². The molecule has 1 nitrogen and oxygen atoms in total. The molecule has 1 rings (SSSR count). The van der Waals surface area contributed by atoms with E-state index in [1.54, 1.807) is 12.1 Å². The van der Waals surface area contributed by atoms with Crippen LogP contribution in [0.15, 0.2) is 29.2 Å². The molecule has 0 aromatic heterocycles. The van der Waals surface area contributed by atoms with Crippen molar-refractivity contribution in [2.45, 2.75) is 76.0 Å². The van der Waals surface area contributed by atoms with Crippen LogP contribution in [0.2, 0.25) is 0 Å². The fourth-order valence-corrected chi connectivity index (χ4v) is 3.23. The van der Waals surface area contributed by atoms with Gasteiger partial charge in [-0.15, -0.1) is 11.8 Å². The van der Waals surface area contributed by atoms with Crippen LogP contribution in [0.1, 0.15) is 71.1 Å². The summed E-state index contributed by atoms with van der Waals surface area (Å²) in [5.41, 5.74) is 0. The summed E-state index contributed by atoms with van der Waals surface area (Å²) in [6.45, 7) is 2.27. The molecule has 0 unspecified atom stereocenters. The summed E-state index contributed by atoms with van der Waals surface area (Å²) in [6, 6.07) is 7.17. The second-order valence-electron chi connectivity index (χ2n) is 5.50. The molecule has 0 atom stereocenters. The minimum atomic E-state index is 0.105. The Morgan fingerprint density at radius 3 is 1.80 bits per heavy atom. The van der Waals surface area contributed by atoms with Crippen molar-refractivity contribution in [1.82, 2.24) is 0 Å². The van der Waals surface area contributed by atoms with Crippen LogP contribution in [-0.2, 0) is 5.11 Å². The van der Waals surface area contributed by atoms with E-state index in [4.69, 9.17) is 0 Å². The Morgan fingerprint density at radius 1 is 0.750 bits per heavy atom. The van der Waals surface area contributed by atoms with Gasteiger partial charge in [-0.1, -0.05) is 64.7 Å². The highest BCUT2D eigenvalue weighted by Gasteiger charge is 1.96. The molecular weight excluding hydrogens is 264 g/mol. The predicted molar refractivity (Wildman–Crippen MR) is 89.1 cm³/mol. The third kappa shape index (κ3) is 9.30. The Morgan fingerprint density at radius 2 is 1.25 bits per heavy atom. The van der Waals surface area contributed by atoms with Crippen LogP contribution < -0.4 is 0 Å². The minimum Gasteiger partial charge on any atom is -0.290 e. The van der Waals surface area contributed by atoms with Crippen LogP contribution in [0.3, 0.4) is 0 Å². The third-order valence-corrected chi connectivity index (χ3v) is 4.69. The van der Waals surface area contributed by atoms with Crippen LogP contribution in [0.4, 0.5) is 0 Å². The van der Waals surface area contributed by atoms with E-state index < -0.39 is 0 Å². The van der Waals surface area contributed by atoms with Gasteiger partial charge in [-0.2, -0.15) is 0 Å². The summed E-state index contributed by atoms with van der Waals surface area (Å²) < 4.78 is 0. The largest absolute Gasteiger partial charge is 0.290 e. The number of unbranched alkanes of at least 4 members (excludes halogenated alkanes) is 9. The number of rotatable bonds is 12. The predicted octanol–water partition coefficient (Wildman–Crippen LogP) is 6.84. The lowest BCUT2D eigenvalue weighted by atomic mass is 10.1. The van der Waals surface area contributed by atoms with Gasteiger partial charge in [0.05, 0.1) is 0 Å². The van der Waals surface area contributed by atoms with Gasteiger partial charge in [0.15, 0.2) is 5.75 Å². The summed E-state index contributed by atoms with van der Waals surface area (Å²) in [7, 11) is 0. The molecule has 0 N–H and O–H groups in total. The molecule has 0 spiro atoms. The van der Waals surface area contributed by atoms with Crippen LogP contribution in [-0.4, -0.2) is 5.75 Å². The van der Waals surface area contributed by atoms with Gasteiger partial charge < -0.3 is 0 Å². The van der Waals surface area contributed by atoms with Gasteiger partial charge >= 0.3 is 0 Å². The zero-order chi connectivity index (χ0) is 14.5. The monoisotopic (exact) mass is 293 g/mol. The van der Waals surface area contributed by atoms with Crippen molar-refractivity contribution in [2.24, 2.45) is 0 Å². The van der Waals surface area contributed by atoms with Crippen LogP contribution in [0.25, 0.3) is 0 Å². The quantitative estimate of drug-likeness (QED) is 0.305. The first-order chi connectivity index (χ1) is 9.83. The molecule has 1 aromatic rings. The Bertz CT molecular complexity index is 321. The van der Waals surface area contributed by atoms with Crippen molar-refractivity contribution in [3.8, 4) is 5.75 Å². The maximum Gasteiger partial charge on any atom is 0.178 e. The van der Waals surface area contributed by atoms with Gasteiger partial charge in [0.25, 0.3) is 0 Å². The zero-order valence-electron chi connectivity index (χ0n) is 12.9. The van der Waals surface area contributed by atoms with Crippen molar-refractivity contribution < 1.29 is 5.11 Å². The molecule has 1 radical (unpaired) electrons. The summed E-state index contributed by atoms with van der Waals surface area (Å²) in [5.74, 6) is 1.28. The Balaban J connectivity index is 1.84. The molecule has 0 aliphatic heterocycles. The van der Waals surface area contributed by atoms with E-state index in [-0.39, 0.29) is 5.75 Å². The van der Waals surface area contributed by atoms with Gasteiger partial charge in [0.2, 0.25) is 0 Å². The van der Waals surface area contributed by atoms with Crippen LogP contribution >= 0.6 is 11.8 Å². The van der Waals surface area contributed by atoms with Crippen molar-refractivity contribution in [1.29, 1.82) is 0 Å². The van der Waals surface area contributed by atoms with E-state index in [0.717, 1.165) is 0 Å². The molecule has 0 heterocycles. The van der Waals surface area contributed by atoms with Gasteiger partial charge in [-0.05, 0) is 36.4 Å². The lowest BCUT2D eigenvalue weighted by Gasteiger charge is -2.03. The molecule has 0 aliphatic carbocycles. The van der Waals surface area contributed by atoms with E-state index in [1.165, 1.54) is 74.9 Å². The molecule has 0 saturated carbocycles. The van der Waals surface area contributed by atoms with Crippen molar-refractivity contribution >= 4 is 11.8 Å². The lowest BCUT2D eigenvalue weighted by Crippen LogP contribution is -1.84. The molecular formula is C18H29OS. The van der Waals surface area contributed by atoms with Crippen molar-refractivity contribution in [3.63, 3.8) is 0 Å². The average Bonchev–Trinajstić information content (AvgIpc) is 2.47. The Labute approximate surface area is 129 Å². The normalized spacial score (nSPS) is 10.8. The second kappa shape index (κ2) is 12.1. The second-order valence-corrected chi connectivity index (χ2v) is 6.67. The summed E-state index contributed by atoms with van der Waals surface area (Å²) in [5, 5.41) is 11.0. The Kier molecular flexibility index (Phi) is 10.6. The molecule has 0 bridgehead atoms. The number of thioether (sulfide) groups is 1. The van der Waals surface area contributed by atoms with Gasteiger partial charge in [-0.25, -0.2) is 0 Å². The third-order valence-electron chi connectivity index (χ3n) is 3.59. The summed E-state index contributed by atoms with van der Waals surface area (Å²) in [4.78, 5) is 1.22. The van der Waals surface area contributed by atoms with Crippen molar-refractivity contribution in [3.05, 3.63) is 24.3 Å². The van der Waals surface area contributed by atoms with E-state index in [2.05, 4.69) is 6.92 Å². The molecule has 0 aliphatic rings. The van der Waals surface area contributed by atoms with Gasteiger partial charge in [-0.3, -0.25) is 5.11 Å². The molecule has 0 amide bonds. The maximum atomic E-state index is 11.0. The first kappa shape index (κ1) is 17.4. The number of hydrogen-bond acceptors (Lipinski definition) is 1. The van der Waals surface area contributed by atoms with Crippen molar-refractivity contribution in [2.75, 3.05) is 5.75 Å². The topological polar surface area (TPSA) is 19.9 Å². The minimum absolute atomic E-state index is 0.105. The van der Waals surface area contributed by atoms with Gasteiger partial charge in [0.1, 0.15) is 0 Å². The number of hydrogen-bond donors (Lipinski definition) is 0. The average molecular weight is 293 g/mol. The first-order valence-electron chi connectivity index (χ1n) is 8.23. The highest BCUT2D eigenvalue weighted by atomic mass is 32.2. The number of benzene rings is 1. The molecule has 1 aromatic carbocycles. The molecule has 0 fully saturated rings. The van der Waals surface area contributed by atoms with E-state index in [1.807, 2.05) is 23.9 Å². The SMILES string of the molecule is CCCCCCCCCCCCSc1ccc([O])cc1. The first-order valence-corrected chi connectivity index (χ1v) is 9.21. The summed E-state index contributed by atoms with van der Waals surface area (Å²) >= 11 is 1.87. The molecule has 2 heteroatoms. The highest BCUT2D eigenvalue weighted by molar-refractivity contribution is 7.99. The standard InChI is InChI=1S/C18H29OS/c1-2-3-4-5-6-7-8-9-10-11-16-20-18-14-12-17(19)13-15-18/h12-15H,2-11,16H2,1H3. The Hall–Kier alpha value is -0.630.